The normalized spacial score (nSPS) is 11.8. The molecule has 9 heteroatoms. The van der Waals surface area contributed by atoms with E-state index in [-0.39, 0.29) is 5.56 Å². The van der Waals surface area contributed by atoms with Crippen LogP contribution in [-0.2, 0) is 14.3 Å². The Balaban J connectivity index is 1.91. The van der Waals surface area contributed by atoms with Crippen LogP contribution in [0, 0.1) is 18.3 Å². The van der Waals surface area contributed by atoms with Gasteiger partial charge in [-0.1, -0.05) is 0 Å². The van der Waals surface area contributed by atoms with Crippen molar-refractivity contribution in [1.82, 2.24) is 4.98 Å². The Labute approximate surface area is 172 Å². The lowest BCUT2D eigenvalue weighted by Crippen LogP contribution is -2.27. The number of benzene rings is 1. The van der Waals surface area contributed by atoms with Crippen LogP contribution in [0.2, 0.25) is 0 Å². The number of hydrogen-bond donors (Lipinski definition) is 1. The molecule has 1 amide bonds. The monoisotopic (exact) mass is 415 g/mol. The highest BCUT2D eigenvalue weighted by molar-refractivity contribution is 7.09. The smallest absolute Gasteiger partial charge is 0.412 e. The molecule has 1 N–H and O–H groups in total. The van der Waals surface area contributed by atoms with E-state index in [0.717, 1.165) is 5.69 Å². The maximum absolute atomic E-state index is 12.2. The lowest BCUT2D eigenvalue weighted by molar-refractivity contribution is -0.122. The van der Waals surface area contributed by atoms with Gasteiger partial charge < -0.3 is 9.47 Å². The highest BCUT2D eigenvalue weighted by Crippen LogP contribution is 2.21. The third kappa shape index (κ3) is 6.69. The summed E-state index contributed by atoms with van der Waals surface area (Å²) < 4.78 is 10.2. The van der Waals surface area contributed by atoms with E-state index in [1.54, 1.807) is 33.1 Å². The van der Waals surface area contributed by atoms with Crippen LogP contribution in [0.3, 0.4) is 0 Å². The van der Waals surface area contributed by atoms with Crippen molar-refractivity contribution in [2.75, 3.05) is 11.9 Å². The van der Waals surface area contributed by atoms with Crippen LogP contribution >= 0.6 is 11.3 Å². The molecule has 8 nitrogen and oxygen atoms in total. The van der Waals surface area contributed by atoms with Gasteiger partial charge in [0.05, 0.1) is 11.6 Å². The number of ether oxygens (including phenoxy) is 2. The third-order valence-corrected chi connectivity index (χ3v) is 4.47. The summed E-state index contributed by atoms with van der Waals surface area (Å²) in [7, 11) is 0. The number of rotatable bonds is 6. The summed E-state index contributed by atoms with van der Waals surface area (Å²) in [5, 5.41) is 13.9. The van der Waals surface area contributed by atoms with E-state index in [1.165, 1.54) is 35.6 Å². The average molecular weight is 415 g/mol. The predicted molar refractivity (Wildman–Crippen MR) is 107 cm³/mol. The molecule has 0 saturated heterocycles. The minimum absolute atomic E-state index is 0.200. The highest BCUT2D eigenvalue weighted by Gasteiger charge is 2.24. The fraction of sp³-hybridized carbons (Fsp3) is 0.350. The molecule has 152 valence electrons. The summed E-state index contributed by atoms with van der Waals surface area (Å²) >= 11 is 1.21. The second-order valence-corrected chi connectivity index (χ2v) is 8.03. The van der Waals surface area contributed by atoms with Crippen molar-refractivity contribution in [3.8, 4) is 6.07 Å². The molecule has 0 spiro atoms. The second kappa shape index (κ2) is 9.30. The quantitative estimate of drug-likeness (QED) is 0.712. The molecule has 1 aromatic carbocycles. The van der Waals surface area contributed by atoms with E-state index in [0.29, 0.717) is 10.7 Å². The molecule has 0 fully saturated rings. The number of nitrogens with one attached hydrogen (secondary N) is 1. The number of ketones is 1. The number of nitriles is 1. The van der Waals surface area contributed by atoms with Crippen molar-refractivity contribution in [2.45, 2.75) is 39.2 Å². The molecule has 0 aliphatic rings. The van der Waals surface area contributed by atoms with Gasteiger partial charge >= 0.3 is 12.1 Å². The fourth-order valence-corrected chi connectivity index (χ4v) is 3.05. The van der Waals surface area contributed by atoms with E-state index < -0.39 is 36.0 Å². The molecule has 0 aliphatic carbocycles. The summed E-state index contributed by atoms with van der Waals surface area (Å²) in [6.45, 7) is 6.48. The number of hydrogen-bond acceptors (Lipinski definition) is 8. The van der Waals surface area contributed by atoms with Crippen LogP contribution in [-0.4, -0.2) is 35.0 Å². The van der Waals surface area contributed by atoms with E-state index in [4.69, 9.17) is 9.47 Å². The van der Waals surface area contributed by atoms with Crippen molar-refractivity contribution in [3.05, 3.63) is 45.9 Å². The number of amides is 1. The Kier molecular flexibility index (Phi) is 7.07. The molecule has 0 unspecified atom stereocenters. The number of carbonyl (C=O) groups excluding carboxylic acids is 3. The standard InChI is InChI=1S/C20H21N3O5S/c1-12-11-29-17(22-12)15(9-21)16(24)10-27-18(25)13-5-7-14(8-6-13)23-19(26)28-20(2,3)4/h5-8,11,15H,10H2,1-4H3,(H,23,26)/t15-/m1/s1. The van der Waals surface area contributed by atoms with Gasteiger partial charge in [0.1, 0.15) is 10.6 Å². The van der Waals surface area contributed by atoms with Gasteiger partial charge in [-0.25, -0.2) is 14.6 Å². The molecule has 2 aromatic rings. The van der Waals surface area contributed by atoms with Gasteiger partial charge in [0.15, 0.2) is 18.3 Å². The molecule has 0 radical (unpaired) electrons. The van der Waals surface area contributed by atoms with Crippen LogP contribution in [0.25, 0.3) is 0 Å². The first kappa shape index (κ1) is 22.0. The summed E-state index contributed by atoms with van der Waals surface area (Å²) in [4.78, 5) is 40.2. The fourth-order valence-electron chi connectivity index (χ4n) is 2.18. The van der Waals surface area contributed by atoms with Crippen molar-refractivity contribution >= 4 is 34.9 Å². The lowest BCUT2D eigenvalue weighted by atomic mass is 10.1. The molecular formula is C20H21N3O5S. The number of carbonyl (C=O) groups is 3. The number of anilines is 1. The highest BCUT2D eigenvalue weighted by atomic mass is 32.1. The second-order valence-electron chi connectivity index (χ2n) is 7.14. The van der Waals surface area contributed by atoms with Gasteiger partial charge in [-0.3, -0.25) is 10.1 Å². The zero-order valence-corrected chi connectivity index (χ0v) is 17.3. The van der Waals surface area contributed by atoms with Gasteiger partial charge in [0.2, 0.25) is 0 Å². The van der Waals surface area contributed by atoms with E-state index >= 15 is 0 Å². The SMILES string of the molecule is Cc1csc([C@H](C#N)C(=O)COC(=O)c2ccc(NC(=O)OC(C)(C)C)cc2)n1. The van der Waals surface area contributed by atoms with E-state index in [2.05, 4.69) is 10.3 Å². The topological polar surface area (TPSA) is 118 Å². The van der Waals surface area contributed by atoms with Crippen molar-refractivity contribution in [3.63, 3.8) is 0 Å². The molecule has 1 atom stereocenters. The zero-order valence-electron chi connectivity index (χ0n) is 16.5. The van der Waals surface area contributed by atoms with Crippen LogP contribution in [0.1, 0.15) is 47.7 Å². The Morgan fingerprint density at radius 2 is 1.90 bits per heavy atom. The molecule has 1 aromatic heterocycles. The maximum atomic E-state index is 12.2. The first-order valence-electron chi connectivity index (χ1n) is 8.70. The van der Waals surface area contributed by atoms with Gasteiger partial charge in [-0.05, 0) is 52.0 Å². The van der Waals surface area contributed by atoms with Crippen molar-refractivity contribution < 1.29 is 23.9 Å². The predicted octanol–water partition coefficient (Wildman–Crippen LogP) is 3.83. The van der Waals surface area contributed by atoms with Crippen molar-refractivity contribution in [1.29, 1.82) is 5.26 Å². The first-order valence-corrected chi connectivity index (χ1v) is 9.58. The maximum Gasteiger partial charge on any atom is 0.412 e. The zero-order chi connectivity index (χ0) is 21.6. The Bertz CT molecular complexity index is 938. The summed E-state index contributed by atoms with van der Waals surface area (Å²) in [6.07, 6.45) is -0.613. The number of nitrogens with zero attached hydrogens (tertiary/aromatic N) is 2. The Morgan fingerprint density at radius 1 is 1.24 bits per heavy atom. The van der Waals surface area contributed by atoms with E-state index in [9.17, 15) is 19.6 Å². The average Bonchev–Trinajstić information content (AvgIpc) is 3.05. The van der Waals surface area contributed by atoms with Gasteiger partial charge in [0.25, 0.3) is 0 Å². The van der Waals surface area contributed by atoms with Gasteiger partial charge in [0, 0.05) is 16.8 Å². The Morgan fingerprint density at radius 3 is 2.41 bits per heavy atom. The van der Waals surface area contributed by atoms with Gasteiger partial charge in [-0.15, -0.1) is 11.3 Å². The summed E-state index contributed by atoms with van der Waals surface area (Å²) in [5.41, 5.74) is 0.732. The Hall–Kier alpha value is -3.25. The van der Waals surface area contributed by atoms with Crippen molar-refractivity contribution in [2.24, 2.45) is 0 Å². The summed E-state index contributed by atoms with van der Waals surface area (Å²) in [6, 6.07) is 7.82. The van der Waals surface area contributed by atoms with Gasteiger partial charge in [-0.2, -0.15) is 5.26 Å². The van der Waals surface area contributed by atoms with Crippen LogP contribution in [0.15, 0.2) is 29.6 Å². The largest absolute Gasteiger partial charge is 0.454 e. The third-order valence-electron chi connectivity index (χ3n) is 3.45. The molecular weight excluding hydrogens is 394 g/mol. The van der Waals surface area contributed by atoms with Crippen LogP contribution < -0.4 is 5.32 Å². The number of thiazole rings is 1. The van der Waals surface area contributed by atoms with Crippen LogP contribution in [0.5, 0.6) is 0 Å². The lowest BCUT2D eigenvalue weighted by Gasteiger charge is -2.19. The molecule has 29 heavy (non-hydrogen) atoms. The molecule has 0 aliphatic heterocycles. The molecule has 2 rings (SSSR count). The number of aromatic nitrogens is 1. The minimum atomic E-state index is -1.07. The van der Waals surface area contributed by atoms with Crippen LogP contribution in [0.4, 0.5) is 10.5 Å². The first-order chi connectivity index (χ1) is 13.6. The number of esters is 1. The molecule has 0 saturated carbocycles. The molecule has 0 bridgehead atoms. The number of Topliss-reactive ketones (excluding diaryl/α,β-unsaturated/α-hetero) is 1. The molecule has 1 heterocycles. The van der Waals surface area contributed by atoms with E-state index in [1.807, 2.05) is 6.07 Å². The summed E-state index contributed by atoms with van der Waals surface area (Å²) in [5.74, 6) is -2.32. The number of aryl methyl sites for hydroxylation is 1. The minimum Gasteiger partial charge on any atom is -0.454 e.